The molecule has 1 aromatic rings. The lowest BCUT2D eigenvalue weighted by atomic mass is 10.2. The van der Waals surface area contributed by atoms with Gasteiger partial charge in [-0.25, -0.2) is 8.42 Å². The fourth-order valence-corrected chi connectivity index (χ4v) is 4.03. The number of hydrogen-bond acceptors (Lipinski definition) is 4. The lowest BCUT2D eigenvalue weighted by Crippen LogP contribution is -2.48. The van der Waals surface area contributed by atoms with Crippen LogP contribution in [0, 0.1) is 0 Å². The Kier molecular flexibility index (Phi) is 6.01. The molecule has 0 spiro atoms. The topological polar surface area (TPSA) is 60.9 Å². The molecule has 2 rings (SSSR count). The predicted octanol–water partition coefficient (Wildman–Crippen LogP) is 1.49. The molecule has 1 fully saturated rings. The molecular weight excluding hydrogens is 326 g/mol. The molecule has 1 aliphatic rings. The number of carbonyl (C=O) groups is 1. The van der Waals surface area contributed by atoms with Crippen LogP contribution in [0.5, 0.6) is 0 Å². The van der Waals surface area contributed by atoms with Crippen molar-refractivity contribution in [3.63, 3.8) is 0 Å². The molecule has 134 valence electrons. The van der Waals surface area contributed by atoms with Crippen molar-refractivity contribution in [3.05, 3.63) is 29.8 Å². The first kappa shape index (κ1) is 18.9. The van der Waals surface area contributed by atoms with Crippen LogP contribution in [-0.2, 0) is 10.0 Å². The molecule has 0 unspecified atom stereocenters. The van der Waals surface area contributed by atoms with Gasteiger partial charge in [0.1, 0.15) is 0 Å². The Hall–Kier alpha value is -1.44. The van der Waals surface area contributed by atoms with Crippen LogP contribution in [0.4, 0.5) is 0 Å². The highest BCUT2D eigenvalue weighted by atomic mass is 32.2. The molecule has 6 nitrogen and oxygen atoms in total. The molecule has 0 saturated carbocycles. The van der Waals surface area contributed by atoms with Crippen molar-refractivity contribution in [1.29, 1.82) is 0 Å². The van der Waals surface area contributed by atoms with Gasteiger partial charge in [-0.2, -0.15) is 4.31 Å². The maximum atomic E-state index is 12.5. The fraction of sp³-hybridized carbons (Fsp3) is 0.588. The number of carbonyl (C=O) groups excluding carboxylic acids is 1. The largest absolute Gasteiger partial charge is 0.336 e. The molecule has 0 aromatic heterocycles. The number of likely N-dealkylation sites (N-methyl/N-ethyl adjacent to an activating group) is 1. The lowest BCUT2D eigenvalue weighted by Gasteiger charge is -2.34. The number of benzene rings is 1. The Morgan fingerprint density at radius 2 is 1.67 bits per heavy atom. The Bertz CT molecular complexity index is 663. The minimum absolute atomic E-state index is 0.0353. The van der Waals surface area contributed by atoms with E-state index in [0.717, 1.165) is 19.6 Å². The van der Waals surface area contributed by atoms with E-state index in [4.69, 9.17) is 0 Å². The number of sulfonamides is 1. The minimum Gasteiger partial charge on any atom is -0.336 e. The molecule has 1 saturated heterocycles. The van der Waals surface area contributed by atoms with Gasteiger partial charge in [0, 0.05) is 44.8 Å². The van der Waals surface area contributed by atoms with Gasteiger partial charge in [-0.1, -0.05) is 6.92 Å². The van der Waals surface area contributed by atoms with Crippen LogP contribution >= 0.6 is 0 Å². The SMILES string of the molecule is CCN1CCN(C(=O)c2ccc(S(=O)(=O)N(C)C(C)C)cc2)CC1. The van der Waals surface area contributed by atoms with E-state index in [9.17, 15) is 13.2 Å². The van der Waals surface area contributed by atoms with Gasteiger partial charge in [0.2, 0.25) is 10.0 Å². The Balaban J connectivity index is 2.11. The average Bonchev–Trinajstić information content (AvgIpc) is 2.60. The third-order valence-corrected chi connectivity index (χ3v) is 6.66. The number of nitrogens with zero attached hydrogens (tertiary/aromatic N) is 3. The lowest BCUT2D eigenvalue weighted by molar-refractivity contribution is 0.0643. The number of piperazine rings is 1. The maximum absolute atomic E-state index is 12.5. The van der Waals surface area contributed by atoms with Crippen LogP contribution in [0.1, 0.15) is 31.1 Å². The number of rotatable bonds is 5. The normalized spacial score (nSPS) is 16.8. The molecule has 1 aromatic carbocycles. The summed E-state index contributed by atoms with van der Waals surface area (Å²) in [6, 6.07) is 6.13. The highest BCUT2D eigenvalue weighted by molar-refractivity contribution is 7.89. The van der Waals surface area contributed by atoms with Crippen LogP contribution in [0.25, 0.3) is 0 Å². The van der Waals surface area contributed by atoms with Crippen molar-refractivity contribution in [3.8, 4) is 0 Å². The van der Waals surface area contributed by atoms with Crippen molar-refractivity contribution in [2.24, 2.45) is 0 Å². The zero-order valence-electron chi connectivity index (χ0n) is 14.9. The zero-order chi connectivity index (χ0) is 17.9. The van der Waals surface area contributed by atoms with Crippen LogP contribution in [0.15, 0.2) is 29.2 Å². The summed E-state index contributed by atoms with van der Waals surface area (Å²) in [5.74, 6) is -0.0353. The van der Waals surface area contributed by atoms with E-state index in [2.05, 4.69) is 11.8 Å². The summed E-state index contributed by atoms with van der Waals surface area (Å²) in [6.07, 6.45) is 0. The van der Waals surface area contributed by atoms with Gasteiger partial charge in [0.25, 0.3) is 5.91 Å². The average molecular weight is 353 g/mol. The first-order valence-corrected chi connectivity index (χ1v) is 9.81. The van der Waals surface area contributed by atoms with Crippen LogP contribution in [-0.4, -0.2) is 74.2 Å². The summed E-state index contributed by atoms with van der Waals surface area (Å²) in [7, 11) is -1.95. The summed E-state index contributed by atoms with van der Waals surface area (Å²) >= 11 is 0. The highest BCUT2D eigenvalue weighted by Crippen LogP contribution is 2.18. The minimum atomic E-state index is -3.51. The van der Waals surface area contributed by atoms with E-state index < -0.39 is 10.0 Å². The monoisotopic (exact) mass is 353 g/mol. The van der Waals surface area contributed by atoms with Crippen LogP contribution in [0.2, 0.25) is 0 Å². The molecular formula is C17H27N3O3S. The summed E-state index contributed by atoms with van der Waals surface area (Å²) in [6.45, 7) is 9.95. The fourth-order valence-electron chi connectivity index (χ4n) is 2.66. The van der Waals surface area contributed by atoms with Crippen molar-refractivity contribution in [2.45, 2.75) is 31.7 Å². The maximum Gasteiger partial charge on any atom is 0.253 e. The van der Waals surface area contributed by atoms with Crippen LogP contribution < -0.4 is 0 Å². The second-order valence-corrected chi connectivity index (χ2v) is 8.36. The van der Waals surface area contributed by atoms with E-state index in [1.54, 1.807) is 19.2 Å². The van der Waals surface area contributed by atoms with E-state index in [1.807, 2.05) is 18.7 Å². The smallest absolute Gasteiger partial charge is 0.253 e. The summed E-state index contributed by atoms with van der Waals surface area (Å²) in [4.78, 5) is 16.9. The Morgan fingerprint density at radius 1 is 1.12 bits per heavy atom. The summed E-state index contributed by atoms with van der Waals surface area (Å²) in [5, 5.41) is 0. The molecule has 0 N–H and O–H groups in total. The van der Waals surface area contributed by atoms with Gasteiger partial charge < -0.3 is 9.80 Å². The molecule has 0 atom stereocenters. The zero-order valence-corrected chi connectivity index (χ0v) is 15.7. The summed E-state index contributed by atoms with van der Waals surface area (Å²) < 4.78 is 26.2. The Morgan fingerprint density at radius 3 is 2.12 bits per heavy atom. The van der Waals surface area contributed by atoms with E-state index >= 15 is 0 Å². The second kappa shape index (κ2) is 7.63. The van der Waals surface area contributed by atoms with E-state index in [-0.39, 0.29) is 16.8 Å². The van der Waals surface area contributed by atoms with Gasteiger partial charge in [-0.15, -0.1) is 0 Å². The van der Waals surface area contributed by atoms with Crippen molar-refractivity contribution in [1.82, 2.24) is 14.1 Å². The molecule has 7 heteroatoms. The van der Waals surface area contributed by atoms with Crippen molar-refractivity contribution in [2.75, 3.05) is 39.8 Å². The van der Waals surface area contributed by atoms with Crippen LogP contribution in [0.3, 0.4) is 0 Å². The van der Waals surface area contributed by atoms with Crippen molar-refractivity contribution >= 4 is 15.9 Å². The molecule has 24 heavy (non-hydrogen) atoms. The third-order valence-electron chi connectivity index (χ3n) is 4.61. The summed E-state index contributed by atoms with van der Waals surface area (Å²) in [5.41, 5.74) is 0.533. The van der Waals surface area contributed by atoms with E-state index in [1.165, 1.54) is 16.4 Å². The highest BCUT2D eigenvalue weighted by Gasteiger charge is 2.25. The number of amides is 1. The van der Waals surface area contributed by atoms with Gasteiger partial charge in [-0.3, -0.25) is 4.79 Å². The van der Waals surface area contributed by atoms with Gasteiger partial charge >= 0.3 is 0 Å². The van der Waals surface area contributed by atoms with Gasteiger partial charge in [0.05, 0.1) is 4.90 Å². The molecule has 1 heterocycles. The predicted molar refractivity (Wildman–Crippen MR) is 94.5 cm³/mol. The quantitative estimate of drug-likeness (QED) is 0.805. The van der Waals surface area contributed by atoms with Crippen molar-refractivity contribution < 1.29 is 13.2 Å². The molecule has 0 radical (unpaired) electrons. The molecule has 1 amide bonds. The molecule has 0 aliphatic carbocycles. The first-order valence-electron chi connectivity index (χ1n) is 8.37. The second-order valence-electron chi connectivity index (χ2n) is 6.37. The Labute approximate surface area is 145 Å². The molecule has 1 aliphatic heterocycles. The standard InChI is InChI=1S/C17H27N3O3S/c1-5-19-10-12-20(13-11-19)17(21)15-6-8-16(9-7-15)24(22,23)18(4)14(2)3/h6-9,14H,5,10-13H2,1-4H3. The molecule has 0 bridgehead atoms. The first-order chi connectivity index (χ1) is 11.3. The number of hydrogen-bond donors (Lipinski definition) is 0. The van der Waals surface area contributed by atoms with Gasteiger partial charge in [0.15, 0.2) is 0 Å². The van der Waals surface area contributed by atoms with Gasteiger partial charge in [-0.05, 0) is 44.7 Å². The van der Waals surface area contributed by atoms with E-state index in [0.29, 0.717) is 18.7 Å². The third kappa shape index (κ3) is 3.96.